The fourth-order valence-electron chi connectivity index (χ4n) is 3.41. The first-order chi connectivity index (χ1) is 15.9. The van der Waals surface area contributed by atoms with Gasteiger partial charge in [-0.2, -0.15) is 4.98 Å². The first kappa shape index (κ1) is 23.2. The Balaban J connectivity index is 1.79. The third-order valence-electron chi connectivity index (χ3n) is 5.37. The molecule has 33 heavy (non-hydrogen) atoms. The number of aryl methyl sites for hydroxylation is 1. The van der Waals surface area contributed by atoms with Crippen LogP contribution in [0.25, 0.3) is 11.7 Å². The molecule has 1 fully saturated rings. The summed E-state index contributed by atoms with van der Waals surface area (Å²) in [6.07, 6.45) is 3.84. The van der Waals surface area contributed by atoms with E-state index in [4.69, 9.17) is 21.7 Å². The summed E-state index contributed by atoms with van der Waals surface area (Å²) in [4.78, 5) is 32.8. The Morgan fingerprint density at radius 2 is 1.97 bits per heavy atom. The molecule has 0 unspecified atom stereocenters. The lowest BCUT2D eigenvalue weighted by molar-refractivity contribution is -0.122. The molecule has 3 aromatic rings. The van der Waals surface area contributed by atoms with Gasteiger partial charge in [0, 0.05) is 26.5 Å². The minimum absolute atomic E-state index is 0.143. The number of carbonyl (C=O) groups is 1. The number of benzene rings is 1. The highest BCUT2D eigenvalue weighted by molar-refractivity contribution is 8.26. The van der Waals surface area contributed by atoms with E-state index < -0.39 is 0 Å². The Morgan fingerprint density at radius 3 is 2.76 bits per heavy atom. The molecule has 3 heterocycles. The number of rotatable bonds is 7. The van der Waals surface area contributed by atoms with Gasteiger partial charge in [-0.1, -0.05) is 42.2 Å². The van der Waals surface area contributed by atoms with E-state index in [1.54, 1.807) is 31.5 Å². The molecule has 1 aliphatic heterocycles. The van der Waals surface area contributed by atoms with Gasteiger partial charge in [0.25, 0.3) is 11.5 Å². The fraction of sp³-hybridized carbons (Fsp3) is 0.250. The molecule has 0 atom stereocenters. The summed E-state index contributed by atoms with van der Waals surface area (Å²) < 4.78 is 13.1. The molecule has 0 bridgehead atoms. The van der Waals surface area contributed by atoms with Crippen molar-refractivity contribution in [3.8, 4) is 11.6 Å². The van der Waals surface area contributed by atoms with Gasteiger partial charge in [-0.05, 0) is 55.7 Å². The van der Waals surface area contributed by atoms with Crippen LogP contribution in [0.3, 0.4) is 0 Å². The van der Waals surface area contributed by atoms with Crippen LogP contribution in [0.5, 0.6) is 11.6 Å². The summed E-state index contributed by atoms with van der Waals surface area (Å²) in [6, 6.07) is 11.0. The number of hydrogen-bond acceptors (Lipinski definition) is 7. The monoisotopic (exact) mass is 481 g/mol. The Hall–Kier alpha value is -3.01. The normalized spacial score (nSPS) is 15.1. The van der Waals surface area contributed by atoms with Crippen LogP contribution in [0.2, 0.25) is 0 Å². The standard InChI is InChI=1S/C24H23N3O4S2/c1-15-8-6-9-18(16(15)2)31-21-17(22(28)26-11-5-4-10-20(26)25-21)14-19-23(29)27(24(32)33-19)12-7-13-30-3/h4-6,8-11,14H,7,12-13H2,1-3H3/b19-14+. The zero-order valence-corrected chi connectivity index (χ0v) is 20.2. The summed E-state index contributed by atoms with van der Waals surface area (Å²) in [5.41, 5.74) is 2.32. The van der Waals surface area contributed by atoms with Crippen molar-refractivity contribution in [2.75, 3.05) is 20.3 Å². The predicted molar refractivity (Wildman–Crippen MR) is 134 cm³/mol. The van der Waals surface area contributed by atoms with E-state index in [0.717, 1.165) is 11.1 Å². The summed E-state index contributed by atoms with van der Waals surface area (Å²) in [5.74, 6) is 0.504. The lowest BCUT2D eigenvalue weighted by Gasteiger charge is -2.14. The number of carbonyl (C=O) groups excluding carboxylic acids is 1. The van der Waals surface area contributed by atoms with Gasteiger partial charge >= 0.3 is 0 Å². The summed E-state index contributed by atoms with van der Waals surface area (Å²) in [6.45, 7) is 4.92. The van der Waals surface area contributed by atoms with Crippen molar-refractivity contribution in [1.29, 1.82) is 0 Å². The average molecular weight is 482 g/mol. The zero-order chi connectivity index (χ0) is 23.5. The van der Waals surface area contributed by atoms with E-state index in [-0.39, 0.29) is 22.9 Å². The van der Waals surface area contributed by atoms with E-state index in [2.05, 4.69) is 4.98 Å². The highest BCUT2D eigenvalue weighted by Gasteiger charge is 2.32. The maximum absolute atomic E-state index is 13.4. The lowest BCUT2D eigenvalue weighted by Crippen LogP contribution is -2.29. The second-order valence-electron chi connectivity index (χ2n) is 7.54. The topological polar surface area (TPSA) is 73.1 Å². The minimum atomic E-state index is -0.328. The summed E-state index contributed by atoms with van der Waals surface area (Å²) in [7, 11) is 1.61. The SMILES string of the molecule is COCCCN1C(=O)/C(=C\c2c(Oc3cccc(C)c3C)nc3ccccn3c2=O)SC1=S. The number of thioether (sulfide) groups is 1. The highest BCUT2D eigenvalue weighted by atomic mass is 32.2. The van der Waals surface area contributed by atoms with Crippen molar-refractivity contribution in [2.24, 2.45) is 0 Å². The van der Waals surface area contributed by atoms with Crippen LogP contribution >= 0.6 is 24.0 Å². The molecule has 1 aromatic carbocycles. The molecule has 2 aromatic heterocycles. The van der Waals surface area contributed by atoms with E-state index in [1.807, 2.05) is 32.0 Å². The number of pyridine rings is 1. The van der Waals surface area contributed by atoms with Crippen molar-refractivity contribution < 1.29 is 14.3 Å². The van der Waals surface area contributed by atoms with E-state index in [9.17, 15) is 9.59 Å². The molecule has 170 valence electrons. The predicted octanol–water partition coefficient (Wildman–Crippen LogP) is 4.34. The van der Waals surface area contributed by atoms with Crippen LogP contribution in [0.1, 0.15) is 23.1 Å². The van der Waals surface area contributed by atoms with E-state index >= 15 is 0 Å². The Labute approximate surface area is 201 Å². The molecule has 1 aliphatic rings. The van der Waals surface area contributed by atoms with Crippen molar-refractivity contribution in [3.05, 3.63) is 74.5 Å². The van der Waals surface area contributed by atoms with Gasteiger partial charge in [0.2, 0.25) is 5.88 Å². The third-order valence-corrected chi connectivity index (χ3v) is 6.75. The van der Waals surface area contributed by atoms with Crippen LogP contribution < -0.4 is 10.3 Å². The molecule has 0 aliphatic carbocycles. The number of aromatic nitrogens is 2. The molecule has 7 nitrogen and oxygen atoms in total. The van der Waals surface area contributed by atoms with Crippen LogP contribution in [-0.2, 0) is 9.53 Å². The number of fused-ring (bicyclic) bond motifs is 1. The fourth-order valence-corrected chi connectivity index (χ4v) is 4.70. The van der Waals surface area contributed by atoms with Gasteiger partial charge in [-0.15, -0.1) is 0 Å². The highest BCUT2D eigenvalue weighted by Crippen LogP contribution is 2.34. The first-order valence-electron chi connectivity index (χ1n) is 10.4. The molecule has 1 saturated heterocycles. The number of hydrogen-bond donors (Lipinski definition) is 0. The maximum atomic E-state index is 13.4. The average Bonchev–Trinajstić information content (AvgIpc) is 3.07. The first-order valence-corrected chi connectivity index (χ1v) is 11.6. The van der Waals surface area contributed by atoms with Crippen LogP contribution in [0, 0.1) is 13.8 Å². The molecule has 4 rings (SSSR count). The van der Waals surface area contributed by atoms with Crippen LogP contribution in [-0.4, -0.2) is 44.8 Å². The number of thiocarbonyl (C=S) groups is 1. The quantitative estimate of drug-likeness (QED) is 0.282. The lowest BCUT2D eigenvalue weighted by atomic mass is 10.1. The van der Waals surface area contributed by atoms with Crippen molar-refractivity contribution in [3.63, 3.8) is 0 Å². The van der Waals surface area contributed by atoms with Crippen LogP contribution in [0.15, 0.2) is 52.3 Å². The molecule has 0 saturated carbocycles. The molecular formula is C24H23N3O4S2. The zero-order valence-electron chi connectivity index (χ0n) is 18.5. The van der Waals surface area contributed by atoms with Gasteiger partial charge in [0.1, 0.15) is 21.3 Å². The number of methoxy groups -OCH3 is 1. The van der Waals surface area contributed by atoms with Gasteiger partial charge in [0.15, 0.2) is 0 Å². The molecular weight excluding hydrogens is 458 g/mol. The third kappa shape index (κ3) is 4.71. The molecule has 1 amide bonds. The smallest absolute Gasteiger partial charge is 0.269 e. The summed E-state index contributed by atoms with van der Waals surface area (Å²) >= 11 is 6.56. The molecule has 0 spiro atoms. The number of amides is 1. The second kappa shape index (κ2) is 9.86. The van der Waals surface area contributed by atoms with E-state index in [1.165, 1.54) is 27.1 Å². The van der Waals surface area contributed by atoms with Crippen molar-refractivity contribution in [1.82, 2.24) is 14.3 Å². The second-order valence-corrected chi connectivity index (χ2v) is 9.22. The van der Waals surface area contributed by atoms with Gasteiger partial charge < -0.3 is 9.47 Å². The van der Waals surface area contributed by atoms with Crippen molar-refractivity contribution >= 4 is 45.9 Å². The molecule has 0 N–H and O–H groups in total. The summed E-state index contributed by atoms with van der Waals surface area (Å²) in [5, 5.41) is 0. The van der Waals surface area contributed by atoms with Gasteiger partial charge in [-0.25, -0.2) is 0 Å². The van der Waals surface area contributed by atoms with Crippen LogP contribution in [0.4, 0.5) is 0 Å². The number of nitrogens with zero attached hydrogens (tertiary/aromatic N) is 3. The van der Waals surface area contributed by atoms with E-state index in [0.29, 0.717) is 40.2 Å². The van der Waals surface area contributed by atoms with Crippen molar-refractivity contribution in [2.45, 2.75) is 20.3 Å². The Bertz CT molecular complexity index is 1330. The minimum Gasteiger partial charge on any atom is -0.438 e. The molecule has 0 radical (unpaired) electrons. The Kier molecular flexibility index (Phi) is 6.92. The largest absolute Gasteiger partial charge is 0.438 e. The van der Waals surface area contributed by atoms with Gasteiger partial charge in [-0.3, -0.25) is 18.9 Å². The van der Waals surface area contributed by atoms with Gasteiger partial charge in [0.05, 0.1) is 4.91 Å². The number of ether oxygens (including phenoxy) is 2. The Morgan fingerprint density at radius 1 is 1.15 bits per heavy atom. The maximum Gasteiger partial charge on any atom is 0.269 e. The molecule has 9 heteroatoms.